The summed E-state index contributed by atoms with van der Waals surface area (Å²) in [7, 11) is 0. The number of carbonyl (C=O) groups is 1. The van der Waals surface area contributed by atoms with Crippen molar-refractivity contribution in [2.24, 2.45) is 5.92 Å². The van der Waals surface area contributed by atoms with E-state index < -0.39 is 0 Å². The van der Waals surface area contributed by atoms with Crippen LogP contribution in [0.5, 0.6) is 5.75 Å². The number of aromatic hydroxyl groups is 1. The Morgan fingerprint density at radius 2 is 1.68 bits per heavy atom. The van der Waals surface area contributed by atoms with E-state index in [-0.39, 0.29) is 27.1 Å². The normalized spacial score (nSPS) is 15.1. The van der Waals surface area contributed by atoms with E-state index in [1.54, 1.807) is 12.1 Å². The number of hydrogen-bond acceptors (Lipinski definition) is 3. The first kappa shape index (κ1) is 18.1. The van der Waals surface area contributed by atoms with Crippen molar-refractivity contribution in [3.05, 3.63) is 57.6 Å². The van der Waals surface area contributed by atoms with Crippen molar-refractivity contribution in [2.45, 2.75) is 32.1 Å². The van der Waals surface area contributed by atoms with Gasteiger partial charge in [-0.15, -0.1) is 0 Å². The number of phenolic OH excluding ortho intramolecular Hbond substituents is 1. The minimum atomic E-state index is -0.217. The molecule has 3 rings (SSSR count). The first-order valence-electron chi connectivity index (χ1n) is 8.62. The number of nitrogens with one attached hydrogen (secondary N) is 1. The van der Waals surface area contributed by atoms with Crippen LogP contribution in [0.25, 0.3) is 0 Å². The monoisotopic (exact) mass is 377 g/mol. The van der Waals surface area contributed by atoms with E-state index in [2.05, 4.69) is 5.32 Å². The minimum absolute atomic E-state index is 0.00159. The smallest absolute Gasteiger partial charge is 0.194 e. The molecule has 0 spiro atoms. The molecule has 1 fully saturated rings. The third kappa shape index (κ3) is 4.28. The van der Waals surface area contributed by atoms with E-state index in [0.29, 0.717) is 5.56 Å². The number of hydrogen-bond donors (Lipinski definition) is 2. The Kier molecular flexibility index (Phi) is 5.87. The van der Waals surface area contributed by atoms with Crippen LogP contribution in [-0.2, 0) is 0 Å². The number of anilines is 1. The third-order valence-corrected chi connectivity index (χ3v) is 5.65. The van der Waals surface area contributed by atoms with Crippen molar-refractivity contribution in [1.29, 1.82) is 0 Å². The second-order valence-electron chi connectivity index (χ2n) is 6.55. The van der Waals surface area contributed by atoms with Crippen LogP contribution < -0.4 is 5.32 Å². The molecule has 0 heterocycles. The first-order chi connectivity index (χ1) is 12.1. The summed E-state index contributed by atoms with van der Waals surface area (Å²) in [6.45, 7) is 0.979. The SMILES string of the molecule is O=C(c1ccc(NCC2CCCCC2)cc1)c1ccc(O)c(Cl)c1Cl. The van der Waals surface area contributed by atoms with Crippen LogP contribution in [0.2, 0.25) is 10.0 Å². The maximum atomic E-state index is 12.6. The van der Waals surface area contributed by atoms with Gasteiger partial charge in [0, 0.05) is 23.4 Å². The van der Waals surface area contributed by atoms with Gasteiger partial charge in [-0.3, -0.25) is 4.79 Å². The minimum Gasteiger partial charge on any atom is -0.506 e. The summed E-state index contributed by atoms with van der Waals surface area (Å²) in [6.07, 6.45) is 6.61. The van der Waals surface area contributed by atoms with Crippen molar-refractivity contribution in [2.75, 3.05) is 11.9 Å². The number of benzene rings is 2. The predicted molar refractivity (Wildman–Crippen MR) is 103 cm³/mol. The van der Waals surface area contributed by atoms with Gasteiger partial charge in [0.25, 0.3) is 0 Å². The lowest BCUT2D eigenvalue weighted by atomic mass is 9.89. The molecular weight excluding hydrogens is 357 g/mol. The van der Waals surface area contributed by atoms with Gasteiger partial charge in [-0.1, -0.05) is 42.5 Å². The molecule has 2 N–H and O–H groups in total. The van der Waals surface area contributed by atoms with E-state index >= 15 is 0 Å². The highest BCUT2D eigenvalue weighted by molar-refractivity contribution is 6.45. The fraction of sp³-hybridized carbons (Fsp3) is 0.350. The van der Waals surface area contributed by atoms with Gasteiger partial charge in [-0.05, 0) is 55.2 Å². The number of rotatable bonds is 5. The average Bonchev–Trinajstić information content (AvgIpc) is 2.65. The van der Waals surface area contributed by atoms with E-state index in [4.69, 9.17) is 23.2 Å². The second-order valence-corrected chi connectivity index (χ2v) is 7.31. The van der Waals surface area contributed by atoms with E-state index in [9.17, 15) is 9.90 Å². The summed E-state index contributed by atoms with van der Waals surface area (Å²) in [5.41, 5.74) is 1.83. The van der Waals surface area contributed by atoms with Crippen LogP contribution in [0.1, 0.15) is 48.0 Å². The molecule has 0 radical (unpaired) electrons. The van der Waals surface area contributed by atoms with Gasteiger partial charge < -0.3 is 10.4 Å². The highest BCUT2D eigenvalue weighted by atomic mass is 35.5. The highest BCUT2D eigenvalue weighted by Gasteiger charge is 2.17. The van der Waals surface area contributed by atoms with E-state index in [0.717, 1.165) is 18.2 Å². The Balaban J connectivity index is 1.67. The number of phenols is 1. The molecule has 5 heteroatoms. The molecule has 2 aromatic rings. The fourth-order valence-corrected chi connectivity index (χ4v) is 3.67. The molecule has 0 unspecified atom stereocenters. The number of halogens is 2. The molecule has 0 aromatic heterocycles. The average molecular weight is 378 g/mol. The zero-order valence-corrected chi connectivity index (χ0v) is 15.4. The van der Waals surface area contributed by atoms with E-state index in [1.165, 1.54) is 44.2 Å². The summed E-state index contributed by atoms with van der Waals surface area (Å²) < 4.78 is 0. The van der Waals surface area contributed by atoms with Crippen LogP contribution >= 0.6 is 23.2 Å². The van der Waals surface area contributed by atoms with Crippen LogP contribution in [-0.4, -0.2) is 17.4 Å². The van der Waals surface area contributed by atoms with Crippen LogP contribution in [0.15, 0.2) is 36.4 Å². The van der Waals surface area contributed by atoms with Crippen molar-refractivity contribution in [3.8, 4) is 5.75 Å². The first-order valence-corrected chi connectivity index (χ1v) is 9.37. The van der Waals surface area contributed by atoms with Gasteiger partial charge >= 0.3 is 0 Å². The summed E-state index contributed by atoms with van der Waals surface area (Å²) in [6, 6.07) is 10.2. The standard InChI is InChI=1S/C20H21Cl2NO2/c21-18-16(10-11-17(24)19(18)22)20(25)14-6-8-15(9-7-14)23-12-13-4-2-1-3-5-13/h6-11,13,23-24H,1-5,12H2. The molecule has 3 nitrogen and oxygen atoms in total. The maximum Gasteiger partial charge on any atom is 0.194 e. The molecule has 0 bridgehead atoms. The zero-order valence-electron chi connectivity index (χ0n) is 13.9. The van der Waals surface area contributed by atoms with Crippen LogP contribution in [0, 0.1) is 5.92 Å². The van der Waals surface area contributed by atoms with Gasteiger partial charge in [0.1, 0.15) is 10.8 Å². The summed E-state index contributed by atoms with van der Waals surface area (Å²) in [5.74, 6) is 0.393. The number of carbonyl (C=O) groups excluding carboxylic acids is 1. The van der Waals surface area contributed by atoms with Crippen molar-refractivity contribution in [1.82, 2.24) is 0 Å². The maximum absolute atomic E-state index is 12.6. The molecule has 1 aliphatic rings. The van der Waals surface area contributed by atoms with Crippen LogP contribution in [0.3, 0.4) is 0 Å². The Hall–Kier alpha value is -1.71. The van der Waals surface area contributed by atoms with Crippen LogP contribution in [0.4, 0.5) is 5.69 Å². The molecular formula is C20H21Cl2NO2. The molecule has 25 heavy (non-hydrogen) atoms. The lowest BCUT2D eigenvalue weighted by Crippen LogP contribution is -2.17. The Labute approximate surface area is 158 Å². The molecule has 0 aliphatic heterocycles. The predicted octanol–water partition coefficient (Wildman–Crippen LogP) is 5.92. The molecule has 1 aliphatic carbocycles. The highest BCUT2D eigenvalue weighted by Crippen LogP contribution is 2.34. The van der Waals surface area contributed by atoms with Gasteiger partial charge in [-0.2, -0.15) is 0 Å². The Morgan fingerprint density at radius 1 is 1.00 bits per heavy atom. The third-order valence-electron chi connectivity index (χ3n) is 4.77. The van der Waals surface area contributed by atoms with E-state index in [1.807, 2.05) is 12.1 Å². The molecule has 1 saturated carbocycles. The number of ketones is 1. The summed E-state index contributed by atoms with van der Waals surface area (Å²) in [4.78, 5) is 12.6. The second kappa shape index (κ2) is 8.11. The lowest BCUT2D eigenvalue weighted by Gasteiger charge is -2.22. The lowest BCUT2D eigenvalue weighted by molar-refractivity contribution is 0.103. The zero-order chi connectivity index (χ0) is 17.8. The molecule has 0 saturated heterocycles. The molecule has 2 aromatic carbocycles. The quantitative estimate of drug-likeness (QED) is 0.635. The van der Waals surface area contributed by atoms with Gasteiger partial charge in [0.05, 0.1) is 5.02 Å². The molecule has 0 atom stereocenters. The largest absolute Gasteiger partial charge is 0.506 e. The summed E-state index contributed by atoms with van der Waals surface area (Å²) in [5, 5.41) is 13.1. The van der Waals surface area contributed by atoms with Crippen molar-refractivity contribution < 1.29 is 9.90 Å². The molecule has 0 amide bonds. The van der Waals surface area contributed by atoms with Gasteiger partial charge in [0.2, 0.25) is 0 Å². The fourth-order valence-electron chi connectivity index (χ4n) is 3.26. The Morgan fingerprint density at radius 3 is 2.36 bits per heavy atom. The summed E-state index contributed by atoms with van der Waals surface area (Å²) >= 11 is 12.0. The van der Waals surface area contributed by atoms with Gasteiger partial charge in [-0.25, -0.2) is 0 Å². The van der Waals surface area contributed by atoms with Crippen molar-refractivity contribution >= 4 is 34.7 Å². The van der Waals surface area contributed by atoms with Crippen molar-refractivity contribution in [3.63, 3.8) is 0 Å². The topological polar surface area (TPSA) is 49.3 Å². The van der Waals surface area contributed by atoms with Gasteiger partial charge in [0.15, 0.2) is 5.78 Å². The Bertz CT molecular complexity index is 753. The molecule has 132 valence electrons.